The van der Waals surface area contributed by atoms with Crippen LogP contribution in [0.15, 0.2) is 52.5 Å². The van der Waals surface area contributed by atoms with Gasteiger partial charge in [0.05, 0.1) is 28.0 Å². The Morgan fingerprint density at radius 3 is 2.62 bits per heavy atom. The van der Waals surface area contributed by atoms with E-state index in [4.69, 9.17) is 17.3 Å². The Morgan fingerprint density at radius 2 is 1.95 bits per heavy atom. The van der Waals surface area contributed by atoms with Crippen LogP contribution in [-0.4, -0.2) is 60.9 Å². The summed E-state index contributed by atoms with van der Waals surface area (Å²) in [6, 6.07) is 7.36. The molecule has 2 aromatic carbocycles. The van der Waals surface area contributed by atoms with Crippen molar-refractivity contribution in [1.29, 1.82) is 0 Å². The van der Waals surface area contributed by atoms with Gasteiger partial charge in [0, 0.05) is 46.0 Å². The molecule has 12 heteroatoms. The van der Waals surface area contributed by atoms with Gasteiger partial charge in [-0.1, -0.05) is 29.4 Å². The third-order valence-corrected chi connectivity index (χ3v) is 7.53. The maximum absolute atomic E-state index is 15.5. The van der Waals surface area contributed by atoms with Gasteiger partial charge in [0.25, 0.3) is 0 Å². The molecule has 0 unspecified atom stereocenters. The molecule has 0 radical (unpaired) electrons. The number of hydrogen-bond acceptors (Lipinski definition) is 4. The van der Waals surface area contributed by atoms with Crippen LogP contribution in [0.4, 0.5) is 8.78 Å². The van der Waals surface area contributed by atoms with Crippen LogP contribution < -0.4 is 5.73 Å². The average Bonchev–Trinajstić information content (AvgIpc) is 3.47. The van der Waals surface area contributed by atoms with Crippen molar-refractivity contribution in [3.63, 3.8) is 0 Å². The summed E-state index contributed by atoms with van der Waals surface area (Å²) in [6.45, 7) is 0.457. The molecule has 0 atom stereocenters. The summed E-state index contributed by atoms with van der Waals surface area (Å²) in [6.07, 6.45) is 5.86. The van der Waals surface area contributed by atoms with E-state index in [-0.39, 0.29) is 57.3 Å². The van der Waals surface area contributed by atoms with Crippen LogP contribution in [0.5, 0.6) is 0 Å². The van der Waals surface area contributed by atoms with Crippen LogP contribution in [0.3, 0.4) is 0 Å². The van der Waals surface area contributed by atoms with Crippen molar-refractivity contribution >= 4 is 75.7 Å². The summed E-state index contributed by atoms with van der Waals surface area (Å²) in [7, 11) is 0. The van der Waals surface area contributed by atoms with Crippen LogP contribution in [0.2, 0.25) is 5.02 Å². The first-order valence-corrected chi connectivity index (χ1v) is 12.5. The molecule has 3 N–H and O–H groups in total. The summed E-state index contributed by atoms with van der Waals surface area (Å²) in [4.78, 5) is 23.3. The van der Waals surface area contributed by atoms with E-state index in [1.165, 1.54) is 24.3 Å². The number of primary amides is 1. The van der Waals surface area contributed by atoms with Gasteiger partial charge >= 0.3 is 35.5 Å². The molecule has 0 saturated heterocycles. The summed E-state index contributed by atoms with van der Waals surface area (Å²) < 4.78 is 34.0. The molecular weight excluding hydrogens is 533 g/mol. The predicted molar refractivity (Wildman–Crippen MR) is 139 cm³/mol. The minimum absolute atomic E-state index is 0. The van der Waals surface area contributed by atoms with Gasteiger partial charge in [0.2, 0.25) is 5.91 Å². The zero-order valence-electron chi connectivity index (χ0n) is 18.9. The molecule has 2 heterocycles. The summed E-state index contributed by atoms with van der Waals surface area (Å²) >= 11 is 7.24. The number of aromatic carboxylic acids is 1. The number of carbonyl (C=O) groups is 2. The molecule has 1 amide bonds. The first-order chi connectivity index (χ1) is 17.3. The second kappa shape index (κ2) is 11.2. The Morgan fingerprint density at radius 1 is 1.19 bits per heavy atom. The minimum atomic E-state index is -1.36. The predicted octanol–water partition coefficient (Wildman–Crippen LogP) is 5.10. The van der Waals surface area contributed by atoms with E-state index in [0.717, 1.165) is 30.3 Å². The van der Waals surface area contributed by atoms with Gasteiger partial charge in [0.15, 0.2) is 11.6 Å². The fraction of sp³-hybridized carbons (Fsp3) is 0.240. The third-order valence-electron chi connectivity index (χ3n) is 6.07. The number of fused-ring (bicyclic) bond motifs is 1. The van der Waals surface area contributed by atoms with Gasteiger partial charge in [0.1, 0.15) is 0 Å². The van der Waals surface area contributed by atoms with E-state index in [1.807, 2.05) is 0 Å². The Kier molecular flexibility index (Phi) is 8.35. The zero-order chi connectivity index (χ0) is 25.6. The van der Waals surface area contributed by atoms with E-state index in [2.05, 4.69) is 5.10 Å². The van der Waals surface area contributed by atoms with E-state index in [9.17, 15) is 14.7 Å². The van der Waals surface area contributed by atoms with Gasteiger partial charge < -0.3 is 15.4 Å². The molecule has 37 heavy (non-hydrogen) atoms. The number of benzene rings is 2. The fourth-order valence-electron chi connectivity index (χ4n) is 4.27. The van der Waals surface area contributed by atoms with Crippen LogP contribution in [-0.2, 0) is 11.3 Å². The van der Waals surface area contributed by atoms with Crippen molar-refractivity contribution in [3.8, 4) is 5.69 Å². The van der Waals surface area contributed by atoms with Crippen molar-refractivity contribution in [3.05, 3.63) is 70.6 Å². The average molecular weight is 555 g/mol. The molecule has 2 aromatic heterocycles. The maximum atomic E-state index is 15.5. The molecule has 4 aromatic rings. The van der Waals surface area contributed by atoms with Crippen LogP contribution >= 0.6 is 23.4 Å². The number of carboxylic acid groups (broad SMARTS) is 1. The van der Waals surface area contributed by atoms with Crippen molar-refractivity contribution in [2.45, 2.75) is 47.9 Å². The molecular formula is C25H22ClF2N4NaO3S. The van der Waals surface area contributed by atoms with Crippen LogP contribution in [0.25, 0.3) is 16.6 Å². The van der Waals surface area contributed by atoms with E-state index >= 15 is 8.78 Å². The normalized spacial score (nSPS) is 13.1. The molecule has 188 valence electrons. The summed E-state index contributed by atoms with van der Waals surface area (Å²) in [5.74, 6) is -3.09. The van der Waals surface area contributed by atoms with E-state index < -0.39 is 29.1 Å². The Bertz CT molecular complexity index is 1520. The number of rotatable bonds is 9. The Hall–Kier alpha value is -2.37. The number of amides is 1. The van der Waals surface area contributed by atoms with Crippen molar-refractivity contribution in [1.82, 2.24) is 14.3 Å². The number of carboxylic acids is 1. The van der Waals surface area contributed by atoms with E-state index in [0.29, 0.717) is 28.9 Å². The van der Waals surface area contributed by atoms with Crippen molar-refractivity contribution in [2.24, 2.45) is 5.73 Å². The fourth-order valence-corrected chi connectivity index (χ4v) is 5.63. The molecule has 1 aliphatic carbocycles. The molecule has 7 nitrogen and oxygen atoms in total. The second-order valence-electron chi connectivity index (χ2n) is 8.64. The number of halogens is 3. The summed E-state index contributed by atoms with van der Waals surface area (Å²) in [5.41, 5.74) is 6.45. The number of aryl methyl sites for hydroxylation is 1. The number of hydrogen-bond donors (Lipinski definition) is 2. The first-order valence-electron chi connectivity index (χ1n) is 11.3. The van der Waals surface area contributed by atoms with Crippen LogP contribution in [0.1, 0.15) is 47.7 Å². The topological polar surface area (TPSA) is 103 Å². The Labute approximate surface area is 242 Å². The summed E-state index contributed by atoms with van der Waals surface area (Å²) in [5, 5.41) is 14.2. The number of aromatic nitrogens is 3. The van der Waals surface area contributed by atoms with Crippen molar-refractivity contribution < 1.29 is 23.5 Å². The second-order valence-corrected chi connectivity index (χ2v) is 10.1. The third kappa shape index (κ3) is 5.44. The number of carbonyl (C=O) groups excluding carboxylic acids is 1. The monoisotopic (exact) mass is 554 g/mol. The first kappa shape index (κ1) is 27.7. The van der Waals surface area contributed by atoms with Gasteiger partial charge in [-0.25, -0.2) is 13.6 Å². The number of nitrogens with zero attached hydrogens (tertiary/aromatic N) is 3. The standard InChI is InChI=1S/C25H21ClF2N4O3S.Na.H/c26-17-9-8-16-23(21(17)28)32(14-11-30-31(12-14)10-2-5-19(29)33)22(13-6-7-13)24(16)36-18-4-1-3-15(20(18)27)25(34)35;;/h1,3-4,8-9,11-13H,2,5-7,10H2,(H2,29,33)(H,34,35);;. The van der Waals surface area contributed by atoms with Gasteiger partial charge in [-0.15, -0.1) is 0 Å². The van der Waals surface area contributed by atoms with E-state index in [1.54, 1.807) is 27.7 Å². The van der Waals surface area contributed by atoms with Gasteiger partial charge in [-0.3, -0.25) is 9.48 Å². The quantitative estimate of drug-likeness (QED) is 0.280. The molecule has 1 aliphatic rings. The molecule has 0 spiro atoms. The molecule has 1 fully saturated rings. The molecule has 0 aliphatic heterocycles. The SMILES string of the molecule is NC(=O)CCCn1cc(-n2c(C3CC3)c(Sc3cccc(C(=O)O)c3F)c3ccc(Cl)c(F)c32)cn1.[NaH]. The molecule has 1 saturated carbocycles. The molecule has 0 bridgehead atoms. The van der Waals surface area contributed by atoms with Crippen LogP contribution in [0, 0.1) is 11.6 Å². The molecule has 5 rings (SSSR count). The number of nitrogens with two attached hydrogens (primary N) is 1. The Balaban J connectivity index is 0.00000320. The van der Waals surface area contributed by atoms with Gasteiger partial charge in [-0.05, 0) is 43.5 Å². The van der Waals surface area contributed by atoms with Crippen molar-refractivity contribution in [2.75, 3.05) is 0 Å². The van der Waals surface area contributed by atoms with Gasteiger partial charge in [-0.2, -0.15) is 5.10 Å². The zero-order valence-corrected chi connectivity index (χ0v) is 20.5.